The molecule has 1 heterocycles. The fourth-order valence-electron chi connectivity index (χ4n) is 1.52. The first-order chi connectivity index (χ1) is 8.06. The standard InChI is InChI=1S/C10H7F3N2O2/c1-17-10(16)4-2-3-5-6(7(4)11)8(9(12)13)15-14-5/h2-3,9H,1H3,(H,14,15). The number of alkyl halides is 2. The number of esters is 1. The fourth-order valence-corrected chi connectivity index (χ4v) is 1.52. The highest BCUT2D eigenvalue weighted by atomic mass is 19.3. The molecule has 0 unspecified atom stereocenters. The van der Waals surface area contributed by atoms with Crippen LogP contribution in [0.3, 0.4) is 0 Å². The minimum atomic E-state index is -2.90. The highest BCUT2D eigenvalue weighted by Gasteiger charge is 2.22. The van der Waals surface area contributed by atoms with Crippen LogP contribution in [0.5, 0.6) is 0 Å². The third kappa shape index (κ3) is 1.73. The van der Waals surface area contributed by atoms with Gasteiger partial charge in [-0.3, -0.25) is 5.10 Å². The normalized spacial score (nSPS) is 11.1. The second kappa shape index (κ2) is 4.08. The van der Waals surface area contributed by atoms with Crippen LogP contribution in [0.2, 0.25) is 0 Å². The topological polar surface area (TPSA) is 55.0 Å². The number of hydrogen-bond donors (Lipinski definition) is 1. The minimum Gasteiger partial charge on any atom is -0.465 e. The van der Waals surface area contributed by atoms with Gasteiger partial charge in [-0.25, -0.2) is 18.0 Å². The summed E-state index contributed by atoms with van der Waals surface area (Å²) in [7, 11) is 1.08. The Morgan fingerprint density at radius 1 is 1.47 bits per heavy atom. The van der Waals surface area contributed by atoms with Gasteiger partial charge in [0.05, 0.1) is 23.6 Å². The maximum Gasteiger partial charge on any atom is 0.340 e. The number of aromatic nitrogens is 2. The smallest absolute Gasteiger partial charge is 0.340 e. The number of hydrogen-bond acceptors (Lipinski definition) is 3. The fraction of sp³-hybridized carbons (Fsp3) is 0.200. The molecule has 7 heteroatoms. The van der Waals surface area contributed by atoms with Crippen molar-refractivity contribution in [3.63, 3.8) is 0 Å². The van der Waals surface area contributed by atoms with Gasteiger partial charge in [0.25, 0.3) is 6.43 Å². The maximum atomic E-state index is 13.9. The third-order valence-corrected chi connectivity index (χ3v) is 2.31. The molecule has 0 aliphatic rings. The van der Waals surface area contributed by atoms with Crippen molar-refractivity contribution in [2.24, 2.45) is 0 Å². The predicted octanol–water partition coefficient (Wildman–Crippen LogP) is 2.43. The van der Waals surface area contributed by atoms with E-state index in [-0.39, 0.29) is 10.9 Å². The molecule has 0 radical (unpaired) electrons. The summed E-state index contributed by atoms with van der Waals surface area (Å²) in [6, 6.07) is 2.41. The van der Waals surface area contributed by atoms with Crippen LogP contribution in [-0.2, 0) is 4.74 Å². The Morgan fingerprint density at radius 2 is 2.18 bits per heavy atom. The number of aromatic amines is 1. The molecule has 0 bridgehead atoms. The van der Waals surface area contributed by atoms with E-state index >= 15 is 0 Å². The van der Waals surface area contributed by atoms with Crippen LogP contribution in [0, 0.1) is 5.82 Å². The van der Waals surface area contributed by atoms with Gasteiger partial charge in [0, 0.05) is 0 Å². The average Bonchev–Trinajstić information content (AvgIpc) is 2.73. The highest BCUT2D eigenvalue weighted by Crippen LogP contribution is 2.29. The molecule has 0 aliphatic heterocycles. The van der Waals surface area contributed by atoms with Crippen molar-refractivity contribution in [3.8, 4) is 0 Å². The lowest BCUT2D eigenvalue weighted by molar-refractivity contribution is 0.0595. The average molecular weight is 244 g/mol. The SMILES string of the molecule is COC(=O)c1ccc2n[nH]c(C(F)F)c2c1F. The summed E-state index contributed by atoms with van der Waals surface area (Å²) in [5.74, 6) is -1.98. The number of nitrogens with zero attached hydrogens (tertiary/aromatic N) is 1. The Morgan fingerprint density at radius 3 is 2.76 bits per heavy atom. The molecular formula is C10H7F3N2O2. The Bertz CT molecular complexity index is 580. The van der Waals surface area contributed by atoms with Crippen molar-refractivity contribution in [1.29, 1.82) is 0 Å². The van der Waals surface area contributed by atoms with Gasteiger partial charge in [0.2, 0.25) is 0 Å². The number of ether oxygens (including phenoxy) is 1. The largest absolute Gasteiger partial charge is 0.465 e. The van der Waals surface area contributed by atoms with Crippen LogP contribution in [-0.4, -0.2) is 23.3 Å². The van der Waals surface area contributed by atoms with E-state index in [0.29, 0.717) is 0 Å². The molecular weight excluding hydrogens is 237 g/mol. The summed E-state index contributed by atoms with van der Waals surface area (Å²) in [4.78, 5) is 11.2. The van der Waals surface area contributed by atoms with E-state index in [2.05, 4.69) is 9.84 Å². The molecule has 0 spiro atoms. The zero-order chi connectivity index (χ0) is 12.6. The Kier molecular flexibility index (Phi) is 2.74. The molecule has 0 fully saturated rings. The van der Waals surface area contributed by atoms with Gasteiger partial charge < -0.3 is 4.74 Å². The minimum absolute atomic E-state index is 0.0328. The van der Waals surface area contributed by atoms with Gasteiger partial charge in [-0.2, -0.15) is 5.10 Å². The number of carbonyl (C=O) groups is 1. The van der Waals surface area contributed by atoms with Gasteiger partial charge in [0.1, 0.15) is 11.5 Å². The first-order valence-corrected chi connectivity index (χ1v) is 4.59. The number of methoxy groups -OCH3 is 1. The molecule has 1 N–H and O–H groups in total. The van der Waals surface area contributed by atoms with E-state index < -0.39 is 29.5 Å². The molecule has 0 aliphatic carbocycles. The monoisotopic (exact) mass is 244 g/mol. The van der Waals surface area contributed by atoms with Crippen LogP contribution >= 0.6 is 0 Å². The van der Waals surface area contributed by atoms with Gasteiger partial charge >= 0.3 is 5.97 Å². The number of carbonyl (C=O) groups excluding carboxylic acids is 1. The summed E-state index contributed by atoms with van der Waals surface area (Å²) >= 11 is 0. The number of nitrogens with one attached hydrogen (secondary N) is 1. The lowest BCUT2D eigenvalue weighted by atomic mass is 10.1. The first kappa shape index (κ1) is 11.4. The van der Waals surface area contributed by atoms with Crippen LogP contribution < -0.4 is 0 Å². The van der Waals surface area contributed by atoms with Crippen LogP contribution in [0.15, 0.2) is 12.1 Å². The zero-order valence-corrected chi connectivity index (χ0v) is 8.63. The molecule has 1 aromatic heterocycles. The van der Waals surface area contributed by atoms with E-state index in [1.54, 1.807) is 0 Å². The van der Waals surface area contributed by atoms with E-state index in [9.17, 15) is 18.0 Å². The van der Waals surface area contributed by atoms with Crippen LogP contribution in [0.25, 0.3) is 10.9 Å². The molecule has 0 atom stereocenters. The second-order valence-corrected chi connectivity index (χ2v) is 3.25. The van der Waals surface area contributed by atoms with Crippen molar-refractivity contribution >= 4 is 16.9 Å². The van der Waals surface area contributed by atoms with Crippen molar-refractivity contribution in [2.45, 2.75) is 6.43 Å². The summed E-state index contributed by atoms with van der Waals surface area (Å²) < 4.78 is 43.4. The number of rotatable bonds is 2. The molecule has 0 saturated heterocycles. The number of fused-ring (bicyclic) bond motifs is 1. The Hall–Kier alpha value is -2.05. The first-order valence-electron chi connectivity index (χ1n) is 4.59. The number of benzene rings is 1. The zero-order valence-electron chi connectivity index (χ0n) is 8.63. The van der Waals surface area contributed by atoms with E-state index in [0.717, 1.165) is 13.2 Å². The van der Waals surface area contributed by atoms with Crippen LogP contribution in [0.4, 0.5) is 13.2 Å². The molecule has 90 valence electrons. The van der Waals surface area contributed by atoms with Crippen molar-refractivity contribution in [3.05, 3.63) is 29.2 Å². The number of halogens is 3. The van der Waals surface area contributed by atoms with Gasteiger partial charge in [-0.15, -0.1) is 0 Å². The molecule has 17 heavy (non-hydrogen) atoms. The summed E-state index contributed by atoms with van der Waals surface area (Å²) in [5, 5.41) is 5.19. The highest BCUT2D eigenvalue weighted by molar-refractivity contribution is 5.95. The van der Waals surface area contributed by atoms with E-state index in [1.807, 2.05) is 5.10 Å². The lowest BCUT2D eigenvalue weighted by Crippen LogP contribution is -2.04. The van der Waals surface area contributed by atoms with Gasteiger partial charge in [-0.1, -0.05) is 0 Å². The third-order valence-electron chi connectivity index (χ3n) is 2.31. The Labute approximate surface area is 93.4 Å². The van der Waals surface area contributed by atoms with E-state index in [4.69, 9.17) is 0 Å². The second-order valence-electron chi connectivity index (χ2n) is 3.25. The molecule has 0 amide bonds. The molecule has 4 nitrogen and oxygen atoms in total. The quantitative estimate of drug-likeness (QED) is 0.825. The summed E-state index contributed by atoms with van der Waals surface area (Å²) in [6.07, 6.45) is -2.90. The predicted molar refractivity (Wildman–Crippen MR) is 52.3 cm³/mol. The molecule has 2 aromatic rings. The van der Waals surface area contributed by atoms with E-state index in [1.165, 1.54) is 6.07 Å². The molecule has 1 aromatic carbocycles. The van der Waals surface area contributed by atoms with Crippen LogP contribution in [0.1, 0.15) is 22.5 Å². The van der Waals surface area contributed by atoms with Gasteiger partial charge in [-0.05, 0) is 12.1 Å². The van der Waals surface area contributed by atoms with Crippen molar-refractivity contribution < 1.29 is 22.7 Å². The van der Waals surface area contributed by atoms with Crippen molar-refractivity contribution in [2.75, 3.05) is 7.11 Å². The number of H-pyrrole nitrogens is 1. The molecule has 2 rings (SSSR count). The Balaban J connectivity index is 2.72. The molecule has 0 saturated carbocycles. The van der Waals surface area contributed by atoms with Gasteiger partial charge in [0.15, 0.2) is 0 Å². The maximum absolute atomic E-state index is 13.9. The summed E-state index contributed by atoms with van der Waals surface area (Å²) in [6.45, 7) is 0. The summed E-state index contributed by atoms with van der Waals surface area (Å²) in [5.41, 5.74) is -1.02. The lowest BCUT2D eigenvalue weighted by Gasteiger charge is -2.02. The van der Waals surface area contributed by atoms with Crippen molar-refractivity contribution in [1.82, 2.24) is 10.2 Å².